The molecule has 15 heteroatoms. The van der Waals surface area contributed by atoms with E-state index in [-0.39, 0.29) is 18.1 Å². The number of benzene rings is 2. The van der Waals surface area contributed by atoms with Crippen LogP contribution in [0.4, 0.5) is 0 Å². The number of ether oxygens (including phenoxy) is 11. The van der Waals surface area contributed by atoms with Gasteiger partial charge in [-0.15, -0.1) is 0 Å². The van der Waals surface area contributed by atoms with Crippen molar-refractivity contribution >= 4 is 10.1 Å². The normalized spacial score (nSPS) is 11.8. The van der Waals surface area contributed by atoms with Crippen molar-refractivity contribution in [3.63, 3.8) is 0 Å². The third-order valence-electron chi connectivity index (χ3n) is 6.61. The van der Waals surface area contributed by atoms with E-state index in [1.54, 1.807) is 12.1 Å². The van der Waals surface area contributed by atoms with Gasteiger partial charge in [0, 0.05) is 0 Å². The molecule has 2 aromatic carbocycles. The summed E-state index contributed by atoms with van der Waals surface area (Å²) in [7, 11) is -3.78. The minimum atomic E-state index is -3.78. The SMILES string of the molecule is Cc1ccc(S(=O)(=O)OCCOCCOCCOCCOCCOCCOCCOCCOCCOCCOCCOCc2ccccc2)cc1. The minimum absolute atomic E-state index is 0.0603. The van der Waals surface area contributed by atoms with Crippen molar-refractivity contribution in [2.24, 2.45) is 0 Å². The van der Waals surface area contributed by atoms with Gasteiger partial charge in [-0.3, -0.25) is 4.18 Å². The van der Waals surface area contributed by atoms with E-state index < -0.39 is 10.1 Å². The van der Waals surface area contributed by atoms with Crippen LogP contribution in [0.1, 0.15) is 11.1 Å². The van der Waals surface area contributed by atoms with Crippen LogP contribution >= 0.6 is 0 Å². The van der Waals surface area contributed by atoms with Crippen LogP contribution < -0.4 is 0 Å². The molecule has 0 aliphatic heterocycles. The zero-order chi connectivity index (χ0) is 36.3. The maximum absolute atomic E-state index is 12.1. The van der Waals surface area contributed by atoms with E-state index in [2.05, 4.69) is 0 Å². The largest absolute Gasteiger partial charge is 0.377 e. The van der Waals surface area contributed by atoms with Crippen LogP contribution in [0, 0.1) is 6.92 Å². The first-order valence-corrected chi connectivity index (χ1v) is 18.8. The highest BCUT2D eigenvalue weighted by Crippen LogP contribution is 2.13. The van der Waals surface area contributed by atoms with E-state index in [4.69, 9.17) is 56.3 Å². The first-order chi connectivity index (χ1) is 25.1. The third-order valence-corrected chi connectivity index (χ3v) is 7.93. The Morgan fingerprint density at radius 3 is 1.00 bits per heavy atom. The molecule has 0 fully saturated rings. The van der Waals surface area contributed by atoms with Crippen LogP contribution in [0.25, 0.3) is 0 Å². The van der Waals surface area contributed by atoms with E-state index in [9.17, 15) is 8.42 Å². The van der Waals surface area contributed by atoms with Crippen molar-refractivity contribution in [2.75, 3.05) is 145 Å². The third kappa shape index (κ3) is 27.2. The standard InChI is InChI=1S/C36H58O14S/c1-34-7-9-36(10-8-34)51(37,38)50-32-31-48-28-27-46-24-23-44-20-19-42-16-15-40-12-11-39-13-14-41-17-18-43-21-22-45-25-26-47-29-30-49-33-35-5-3-2-4-6-35/h2-10H,11-33H2,1H3. The fourth-order valence-electron chi connectivity index (χ4n) is 3.94. The van der Waals surface area contributed by atoms with E-state index in [0.717, 1.165) is 11.1 Å². The predicted octanol–water partition coefficient (Wildman–Crippen LogP) is 3.08. The van der Waals surface area contributed by atoms with Crippen LogP contribution in [0.3, 0.4) is 0 Å². The summed E-state index contributed by atoms with van der Waals surface area (Å²) in [5.41, 5.74) is 2.13. The van der Waals surface area contributed by atoms with Crippen LogP contribution in [-0.4, -0.2) is 154 Å². The van der Waals surface area contributed by atoms with Crippen LogP contribution in [0.2, 0.25) is 0 Å². The van der Waals surface area contributed by atoms with E-state index in [0.29, 0.717) is 139 Å². The summed E-state index contributed by atoms with van der Waals surface area (Å²) in [5.74, 6) is 0. The lowest BCUT2D eigenvalue weighted by atomic mass is 10.2. The van der Waals surface area contributed by atoms with Crippen molar-refractivity contribution in [1.82, 2.24) is 0 Å². The summed E-state index contributed by atoms with van der Waals surface area (Å²) in [4.78, 5) is 0.127. The average Bonchev–Trinajstić information content (AvgIpc) is 3.14. The molecule has 51 heavy (non-hydrogen) atoms. The maximum Gasteiger partial charge on any atom is 0.297 e. The topological polar surface area (TPSA) is 145 Å². The molecule has 0 unspecified atom stereocenters. The number of hydrogen-bond acceptors (Lipinski definition) is 14. The first-order valence-electron chi connectivity index (χ1n) is 17.4. The summed E-state index contributed by atoms with van der Waals surface area (Å²) >= 11 is 0. The van der Waals surface area contributed by atoms with Gasteiger partial charge in [0.05, 0.1) is 157 Å². The molecule has 0 atom stereocenters. The zero-order valence-electron chi connectivity index (χ0n) is 30.1. The van der Waals surface area contributed by atoms with Gasteiger partial charge in [-0.2, -0.15) is 8.42 Å². The molecule has 0 bridgehead atoms. The molecule has 0 aromatic heterocycles. The Balaban J connectivity index is 1.16. The molecule has 0 heterocycles. The average molecular weight is 747 g/mol. The molecule has 2 rings (SSSR count). The second-order valence-corrected chi connectivity index (χ2v) is 12.4. The lowest BCUT2D eigenvalue weighted by molar-refractivity contribution is -0.0279. The van der Waals surface area contributed by atoms with Gasteiger partial charge < -0.3 is 52.1 Å². The Morgan fingerprint density at radius 2 is 0.667 bits per heavy atom. The molecule has 0 N–H and O–H groups in total. The Bertz CT molecular complexity index is 1140. The second-order valence-electron chi connectivity index (χ2n) is 10.8. The fraction of sp³-hybridized carbons (Fsp3) is 0.667. The Morgan fingerprint density at radius 1 is 0.373 bits per heavy atom. The van der Waals surface area contributed by atoms with Crippen molar-refractivity contribution in [3.8, 4) is 0 Å². The summed E-state index contributed by atoms with van der Waals surface area (Å²) in [6.45, 7) is 12.1. The lowest BCUT2D eigenvalue weighted by Crippen LogP contribution is -2.16. The zero-order valence-corrected chi connectivity index (χ0v) is 30.9. The Hall–Kier alpha value is -2.09. The quantitative estimate of drug-likeness (QED) is 0.0738. The van der Waals surface area contributed by atoms with Crippen LogP contribution in [0.5, 0.6) is 0 Å². The second kappa shape index (κ2) is 32.6. The summed E-state index contributed by atoms with van der Waals surface area (Å²) in [5, 5.41) is 0. The van der Waals surface area contributed by atoms with Gasteiger partial charge in [0.15, 0.2) is 0 Å². The first kappa shape index (κ1) is 45.1. The number of hydrogen-bond donors (Lipinski definition) is 0. The highest BCUT2D eigenvalue weighted by atomic mass is 32.2. The molecule has 292 valence electrons. The summed E-state index contributed by atoms with van der Waals surface area (Å²) in [6.07, 6.45) is 0. The summed E-state index contributed by atoms with van der Waals surface area (Å²) in [6, 6.07) is 16.5. The molecule has 0 saturated heterocycles. The maximum atomic E-state index is 12.1. The van der Waals surface area contributed by atoms with E-state index in [1.807, 2.05) is 37.3 Å². The van der Waals surface area contributed by atoms with Crippen molar-refractivity contribution in [3.05, 3.63) is 65.7 Å². The molecular formula is C36H58O14S. The highest BCUT2D eigenvalue weighted by Gasteiger charge is 2.14. The molecule has 2 aromatic rings. The van der Waals surface area contributed by atoms with Gasteiger partial charge in [0.1, 0.15) is 0 Å². The molecule has 0 spiro atoms. The van der Waals surface area contributed by atoms with Gasteiger partial charge in [0.25, 0.3) is 10.1 Å². The Labute approximate surface area is 303 Å². The number of rotatable bonds is 37. The molecule has 0 saturated carbocycles. The fourth-order valence-corrected chi connectivity index (χ4v) is 4.83. The molecule has 14 nitrogen and oxygen atoms in total. The van der Waals surface area contributed by atoms with E-state index >= 15 is 0 Å². The van der Waals surface area contributed by atoms with Crippen LogP contribution in [-0.2, 0) is 73.0 Å². The summed E-state index contributed by atoms with van der Waals surface area (Å²) < 4.78 is 89.3. The highest BCUT2D eigenvalue weighted by molar-refractivity contribution is 7.86. The minimum Gasteiger partial charge on any atom is -0.377 e. The van der Waals surface area contributed by atoms with Crippen molar-refractivity contribution < 1.29 is 64.7 Å². The Kier molecular flexibility index (Phi) is 28.8. The lowest BCUT2D eigenvalue weighted by Gasteiger charge is -2.09. The van der Waals surface area contributed by atoms with Gasteiger partial charge in [-0.05, 0) is 24.6 Å². The molecule has 0 aliphatic carbocycles. The van der Waals surface area contributed by atoms with Gasteiger partial charge in [-0.1, -0.05) is 48.0 Å². The van der Waals surface area contributed by atoms with Crippen molar-refractivity contribution in [2.45, 2.75) is 18.4 Å². The van der Waals surface area contributed by atoms with E-state index in [1.165, 1.54) is 12.1 Å². The predicted molar refractivity (Wildman–Crippen MR) is 189 cm³/mol. The molecule has 0 aliphatic rings. The van der Waals surface area contributed by atoms with Crippen LogP contribution in [0.15, 0.2) is 59.5 Å². The van der Waals surface area contributed by atoms with Gasteiger partial charge >= 0.3 is 0 Å². The smallest absolute Gasteiger partial charge is 0.297 e. The monoisotopic (exact) mass is 746 g/mol. The van der Waals surface area contributed by atoms with Gasteiger partial charge in [0.2, 0.25) is 0 Å². The molecule has 0 amide bonds. The van der Waals surface area contributed by atoms with Crippen molar-refractivity contribution in [1.29, 1.82) is 0 Å². The molecular weight excluding hydrogens is 688 g/mol. The molecule has 0 radical (unpaired) electrons. The van der Waals surface area contributed by atoms with Gasteiger partial charge in [-0.25, -0.2) is 0 Å². The number of aryl methyl sites for hydroxylation is 1.